The summed E-state index contributed by atoms with van der Waals surface area (Å²) in [5.74, 6) is 0.699. The minimum atomic E-state index is -0.0406. The average molecular weight is 402 g/mol. The normalized spacial score (nSPS) is 17.5. The molecular weight excluding hydrogens is 378 g/mol. The van der Waals surface area contributed by atoms with Gasteiger partial charge in [0.25, 0.3) is 5.91 Å². The lowest BCUT2D eigenvalue weighted by molar-refractivity contribution is -0.135. The number of ether oxygens (including phenoxy) is 1. The van der Waals surface area contributed by atoms with Crippen LogP contribution < -0.4 is 10.1 Å². The molecule has 2 fully saturated rings. The molecule has 1 aliphatic carbocycles. The molecule has 0 spiro atoms. The average Bonchev–Trinajstić information content (AvgIpc) is 3.52. The molecule has 0 aromatic heterocycles. The van der Waals surface area contributed by atoms with Gasteiger partial charge in [0.15, 0.2) is 6.61 Å². The maximum Gasteiger partial charge on any atom is 0.260 e. The first kappa shape index (κ1) is 19.0. The van der Waals surface area contributed by atoms with Crippen molar-refractivity contribution < 1.29 is 14.3 Å². The largest absolute Gasteiger partial charge is 0.483 e. The van der Waals surface area contributed by atoms with E-state index in [2.05, 4.69) is 10.2 Å². The molecule has 0 unspecified atom stereocenters. The fourth-order valence-electron chi connectivity index (χ4n) is 3.45. The van der Waals surface area contributed by atoms with E-state index in [4.69, 9.17) is 16.3 Å². The summed E-state index contributed by atoms with van der Waals surface area (Å²) in [7, 11) is 0. The van der Waals surface area contributed by atoms with Crippen LogP contribution in [0.1, 0.15) is 12.8 Å². The van der Waals surface area contributed by atoms with Gasteiger partial charge in [0, 0.05) is 48.0 Å². The second-order valence-electron chi connectivity index (χ2n) is 7.38. The molecule has 7 heteroatoms. The summed E-state index contributed by atoms with van der Waals surface area (Å²) < 4.78 is 5.80. The van der Waals surface area contributed by atoms with Crippen LogP contribution in [0.3, 0.4) is 0 Å². The maximum absolute atomic E-state index is 12.5. The first-order valence-corrected chi connectivity index (χ1v) is 10.1. The molecule has 148 valence electrons. The number of hydrogen-bond donors (Lipinski definition) is 1. The number of rotatable bonds is 6. The number of halogens is 1. The monoisotopic (exact) mass is 401 g/mol. The predicted octanol–water partition coefficient (Wildman–Crippen LogP) is 2.29. The Morgan fingerprint density at radius 1 is 1.04 bits per heavy atom. The molecule has 1 saturated carbocycles. The van der Waals surface area contributed by atoms with Crippen molar-refractivity contribution in [1.82, 2.24) is 15.1 Å². The minimum Gasteiger partial charge on any atom is -0.483 e. The quantitative estimate of drug-likeness (QED) is 0.806. The lowest BCUT2D eigenvalue weighted by Gasteiger charge is -2.34. The van der Waals surface area contributed by atoms with E-state index in [9.17, 15) is 9.59 Å². The van der Waals surface area contributed by atoms with Crippen molar-refractivity contribution in [1.29, 1.82) is 0 Å². The van der Waals surface area contributed by atoms with E-state index < -0.39 is 0 Å². The maximum atomic E-state index is 12.5. The Kier molecular flexibility index (Phi) is 5.69. The molecule has 1 aliphatic heterocycles. The molecule has 1 N–H and O–H groups in total. The van der Waals surface area contributed by atoms with E-state index in [1.807, 2.05) is 24.3 Å². The zero-order valence-corrected chi connectivity index (χ0v) is 16.5. The Morgan fingerprint density at radius 2 is 1.75 bits per heavy atom. The highest BCUT2D eigenvalue weighted by Gasteiger charge is 2.26. The van der Waals surface area contributed by atoms with Crippen molar-refractivity contribution in [3.05, 3.63) is 41.4 Å². The van der Waals surface area contributed by atoms with Crippen LogP contribution in [0, 0.1) is 0 Å². The Morgan fingerprint density at radius 3 is 2.46 bits per heavy atom. The molecule has 2 aliphatic rings. The van der Waals surface area contributed by atoms with Crippen LogP contribution in [-0.2, 0) is 9.59 Å². The summed E-state index contributed by atoms with van der Waals surface area (Å²) in [5.41, 5.74) is 0. The minimum absolute atomic E-state index is 0.00616. The van der Waals surface area contributed by atoms with Crippen molar-refractivity contribution in [2.45, 2.75) is 18.9 Å². The van der Waals surface area contributed by atoms with E-state index in [0.717, 1.165) is 23.6 Å². The number of benzene rings is 2. The SMILES string of the molecule is O=C(CN1CCN(C(=O)COc2ccc(Cl)c3ccccc23)CC1)NC1CC1. The number of nitrogens with zero attached hydrogens (tertiary/aromatic N) is 2. The van der Waals surface area contributed by atoms with Gasteiger partial charge in [-0.2, -0.15) is 0 Å². The highest BCUT2D eigenvalue weighted by Crippen LogP contribution is 2.31. The van der Waals surface area contributed by atoms with Crippen LogP contribution in [0.15, 0.2) is 36.4 Å². The smallest absolute Gasteiger partial charge is 0.260 e. The van der Waals surface area contributed by atoms with E-state index in [-0.39, 0.29) is 18.4 Å². The standard InChI is InChI=1S/C21H24ClN3O3/c22-18-7-8-19(17-4-2-1-3-16(17)18)28-14-21(27)25-11-9-24(10-12-25)13-20(26)23-15-5-6-15/h1-4,7-8,15H,5-6,9-14H2,(H,23,26). The zero-order valence-electron chi connectivity index (χ0n) is 15.7. The molecule has 2 amide bonds. The summed E-state index contributed by atoms with van der Waals surface area (Å²) in [4.78, 5) is 28.3. The van der Waals surface area contributed by atoms with E-state index in [1.165, 1.54) is 0 Å². The summed E-state index contributed by atoms with van der Waals surface area (Å²) >= 11 is 6.23. The number of nitrogens with one attached hydrogen (secondary N) is 1. The Hall–Kier alpha value is -2.31. The van der Waals surface area contributed by atoms with Gasteiger partial charge in [-0.05, 0) is 25.0 Å². The predicted molar refractivity (Wildman–Crippen MR) is 109 cm³/mol. The second-order valence-corrected chi connectivity index (χ2v) is 7.79. The Balaban J connectivity index is 1.27. The van der Waals surface area contributed by atoms with Gasteiger partial charge in [-0.3, -0.25) is 14.5 Å². The third kappa shape index (κ3) is 4.56. The third-order valence-corrected chi connectivity index (χ3v) is 5.55. The fourth-order valence-corrected chi connectivity index (χ4v) is 3.68. The van der Waals surface area contributed by atoms with Gasteiger partial charge >= 0.3 is 0 Å². The molecular formula is C21H24ClN3O3. The first-order chi connectivity index (χ1) is 13.6. The summed E-state index contributed by atoms with van der Waals surface area (Å²) in [6, 6.07) is 11.7. The van der Waals surface area contributed by atoms with Gasteiger partial charge in [-0.15, -0.1) is 0 Å². The molecule has 1 saturated heterocycles. The molecule has 0 bridgehead atoms. The number of hydrogen-bond acceptors (Lipinski definition) is 4. The number of carbonyl (C=O) groups is 2. The fraction of sp³-hybridized carbons (Fsp3) is 0.429. The van der Waals surface area contributed by atoms with Crippen LogP contribution >= 0.6 is 11.6 Å². The van der Waals surface area contributed by atoms with Crippen molar-refractivity contribution in [3.63, 3.8) is 0 Å². The number of piperazine rings is 1. The van der Waals surface area contributed by atoms with Gasteiger partial charge in [0.05, 0.1) is 6.54 Å². The molecule has 1 heterocycles. The first-order valence-electron chi connectivity index (χ1n) is 9.70. The molecule has 4 rings (SSSR count). The Bertz CT molecular complexity index is 876. The van der Waals surface area contributed by atoms with Gasteiger partial charge < -0.3 is 15.0 Å². The second kappa shape index (κ2) is 8.37. The van der Waals surface area contributed by atoms with Gasteiger partial charge in [-0.1, -0.05) is 35.9 Å². The molecule has 28 heavy (non-hydrogen) atoms. The van der Waals surface area contributed by atoms with Crippen LogP contribution in [-0.4, -0.2) is 67.0 Å². The molecule has 0 radical (unpaired) electrons. The van der Waals surface area contributed by atoms with E-state index >= 15 is 0 Å². The van der Waals surface area contributed by atoms with Crippen LogP contribution in [0.2, 0.25) is 5.02 Å². The van der Waals surface area contributed by atoms with Crippen LogP contribution in [0.4, 0.5) is 0 Å². The highest BCUT2D eigenvalue weighted by molar-refractivity contribution is 6.35. The molecule has 2 aromatic rings. The van der Waals surface area contributed by atoms with Crippen LogP contribution in [0.25, 0.3) is 10.8 Å². The molecule has 2 aromatic carbocycles. The molecule has 6 nitrogen and oxygen atoms in total. The van der Waals surface area contributed by atoms with Crippen molar-refractivity contribution in [3.8, 4) is 5.75 Å². The molecule has 0 atom stereocenters. The lowest BCUT2D eigenvalue weighted by atomic mass is 10.1. The number of amides is 2. The van der Waals surface area contributed by atoms with Gasteiger partial charge in [-0.25, -0.2) is 0 Å². The summed E-state index contributed by atoms with van der Waals surface area (Å²) in [6.07, 6.45) is 2.19. The summed E-state index contributed by atoms with van der Waals surface area (Å²) in [5, 5.41) is 5.47. The van der Waals surface area contributed by atoms with E-state index in [0.29, 0.717) is 49.5 Å². The van der Waals surface area contributed by atoms with Gasteiger partial charge in [0.1, 0.15) is 5.75 Å². The van der Waals surface area contributed by atoms with Gasteiger partial charge in [0.2, 0.25) is 5.91 Å². The van der Waals surface area contributed by atoms with Crippen molar-refractivity contribution in [2.24, 2.45) is 0 Å². The lowest BCUT2D eigenvalue weighted by Crippen LogP contribution is -2.52. The summed E-state index contributed by atoms with van der Waals surface area (Å²) in [6.45, 7) is 3.03. The third-order valence-electron chi connectivity index (χ3n) is 5.22. The van der Waals surface area contributed by atoms with Crippen molar-refractivity contribution >= 4 is 34.2 Å². The topological polar surface area (TPSA) is 61.9 Å². The van der Waals surface area contributed by atoms with E-state index in [1.54, 1.807) is 17.0 Å². The van der Waals surface area contributed by atoms with Crippen molar-refractivity contribution in [2.75, 3.05) is 39.3 Å². The van der Waals surface area contributed by atoms with Crippen LogP contribution in [0.5, 0.6) is 5.75 Å². The number of fused-ring (bicyclic) bond motifs is 1. The number of carbonyl (C=O) groups excluding carboxylic acids is 2. The highest BCUT2D eigenvalue weighted by atomic mass is 35.5. The zero-order chi connectivity index (χ0) is 19.5. The Labute approximate surface area is 169 Å².